The topological polar surface area (TPSA) is 62.7 Å². The van der Waals surface area contributed by atoms with Crippen molar-refractivity contribution >= 4 is 40.2 Å². The molecule has 0 saturated carbocycles. The van der Waals surface area contributed by atoms with Crippen molar-refractivity contribution < 1.29 is 23.4 Å². The lowest BCUT2D eigenvalue weighted by Gasteiger charge is -2.41. The number of aromatic nitrogens is 1. The summed E-state index contributed by atoms with van der Waals surface area (Å²) >= 11 is 8.03. The van der Waals surface area contributed by atoms with Gasteiger partial charge in [0.05, 0.1) is 24.1 Å². The zero-order chi connectivity index (χ0) is 27.1. The molecular formula is C29H33ClF2N2O3S. The van der Waals surface area contributed by atoms with Crippen LogP contribution >= 0.6 is 23.4 Å². The number of ether oxygens (including phenoxy) is 1. The molecule has 1 aliphatic heterocycles. The lowest BCUT2D eigenvalue weighted by Crippen LogP contribution is -2.41. The summed E-state index contributed by atoms with van der Waals surface area (Å²) in [7, 11) is 1.55. The molecule has 1 saturated heterocycles. The van der Waals surface area contributed by atoms with Crippen LogP contribution in [0.2, 0.25) is 5.02 Å². The predicted octanol–water partition coefficient (Wildman–Crippen LogP) is 7.57. The van der Waals surface area contributed by atoms with Gasteiger partial charge in [-0.2, -0.15) is 0 Å². The molecule has 2 heterocycles. The Morgan fingerprint density at radius 3 is 2.76 bits per heavy atom. The highest BCUT2D eigenvalue weighted by atomic mass is 35.5. The number of pyridine rings is 1. The van der Waals surface area contributed by atoms with Crippen molar-refractivity contribution in [3.8, 4) is 5.75 Å². The summed E-state index contributed by atoms with van der Waals surface area (Å²) in [6.07, 6.45) is 3.18. The number of rotatable bonds is 12. The number of piperidine rings is 1. The van der Waals surface area contributed by atoms with Gasteiger partial charge in [0.2, 0.25) is 0 Å². The Kier molecular flexibility index (Phi) is 9.85. The van der Waals surface area contributed by atoms with Crippen LogP contribution in [0.3, 0.4) is 0 Å². The van der Waals surface area contributed by atoms with E-state index in [4.69, 9.17) is 16.3 Å². The number of hydrogen-bond donors (Lipinski definition) is 1. The minimum absolute atomic E-state index is 0.0294. The molecule has 4 rings (SSSR count). The predicted molar refractivity (Wildman–Crippen MR) is 148 cm³/mol. The Bertz CT molecular complexity index is 1250. The van der Waals surface area contributed by atoms with Gasteiger partial charge in [-0.3, -0.25) is 9.78 Å². The van der Waals surface area contributed by atoms with E-state index in [1.807, 2.05) is 6.07 Å². The number of fused-ring (bicyclic) bond motifs is 1. The van der Waals surface area contributed by atoms with Gasteiger partial charge in [0, 0.05) is 22.0 Å². The summed E-state index contributed by atoms with van der Waals surface area (Å²) in [5.74, 6) is 0.404. The molecule has 3 aromatic rings. The van der Waals surface area contributed by atoms with Crippen LogP contribution in [-0.2, 0) is 4.79 Å². The number of carbonyl (C=O) groups is 1. The first kappa shape index (κ1) is 28.6. The van der Waals surface area contributed by atoms with Gasteiger partial charge in [-0.05, 0) is 99.3 Å². The minimum Gasteiger partial charge on any atom is -0.497 e. The quantitative estimate of drug-likeness (QED) is 0.181. The zero-order valence-electron chi connectivity index (χ0n) is 21.5. The minimum atomic E-state index is -1.34. The summed E-state index contributed by atoms with van der Waals surface area (Å²) in [5, 5.41) is 10.5. The molecule has 1 N–H and O–H groups in total. The molecule has 0 bridgehead atoms. The number of halogens is 3. The number of carboxylic acid groups (broad SMARTS) is 1. The third kappa shape index (κ3) is 7.36. The van der Waals surface area contributed by atoms with Crippen molar-refractivity contribution in [2.45, 2.75) is 49.6 Å². The molecule has 1 fully saturated rings. The Labute approximate surface area is 231 Å². The van der Waals surface area contributed by atoms with Crippen LogP contribution in [0.4, 0.5) is 8.78 Å². The highest BCUT2D eigenvalue weighted by molar-refractivity contribution is 7.99. The van der Waals surface area contributed by atoms with E-state index >= 15 is 4.39 Å². The normalized spacial score (nSPS) is 16.4. The first-order valence-corrected chi connectivity index (χ1v) is 14.2. The number of alkyl halides is 1. The summed E-state index contributed by atoms with van der Waals surface area (Å²) in [6.45, 7) is 2.47. The van der Waals surface area contributed by atoms with Crippen LogP contribution in [0.25, 0.3) is 10.9 Å². The third-order valence-corrected chi connectivity index (χ3v) is 8.82. The second-order valence-corrected chi connectivity index (χ2v) is 11.6. The Morgan fingerprint density at radius 1 is 1.26 bits per heavy atom. The van der Waals surface area contributed by atoms with E-state index in [9.17, 15) is 14.3 Å². The first-order chi connectivity index (χ1) is 18.3. The van der Waals surface area contributed by atoms with Crippen molar-refractivity contribution in [3.63, 3.8) is 0 Å². The third-order valence-electron chi connectivity index (χ3n) is 7.44. The van der Waals surface area contributed by atoms with Gasteiger partial charge < -0.3 is 14.7 Å². The smallest absolute Gasteiger partial charge is 0.303 e. The Balaban J connectivity index is 1.35. The second kappa shape index (κ2) is 13.1. The maximum Gasteiger partial charge on any atom is 0.303 e. The summed E-state index contributed by atoms with van der Waals surface area (Å²) in [4.78, 5) is 19.3. The molecule has 1 aliphatic rings. The lowest BCUT2D eigenvalue weighted by molar-refractivity contribution is -0.141. The van der Waals surface area contributed by atoms with Crippen LogP contribution in [0.5, 0.6) is 5.75 Å². The second-order valence-electron chi connectivity index (χ2n) is 9.98. The molecule has 2 aromatic carbocycles. The molecule has 204 valence electrons. The number of carboxylic acids is 1. The molecule has 5 nitrogen and oxygen atoms in total. The lowest BCUT2D eigenvalue weighted by atomic mass is 9.71. The molecule has 9 heteroatoms. The van der Waals surface area contributed by atoms with Gasteiger partial charge in [0.1, 0.15) is 17.7 Å². The average molecular weight is 563 g/mol. The number of thioether (sulfide) groups is 1. The molecular weight excluding hydrogens is 530 g/mol. The van der Waals surface area contributed by atoms with Crippen molar-refractivity contribution in [1.29, 1.82) is 0 Å². The van der Waals surface area contributed by atoms with Gasteiger partial charge in [-0.1, -0.05) is 17.7 Å². The zero-order valence-corrected chi connectivity index (χ0v) is 23.0. The van der Waals surface area contributed by atoms with E-state index in [-0.39, 0.29) is 23.7 Å². The van der Waals surface area contributed by atoms with Gasteiger partial charge >= 0.3 is 5.97 Å². The van der Waals surface area contributed by atoms with Crippen molar-refractivity contribution in [1.82, 2.24) is 9.88 Å². The maximum absolute atomic E-state index is 15.7. The van der Waals surface area contributed by atoms with Crippen LogP contribution in [0, 0.1) is 11.2 Å². The molecule has 38 heavy (non-hydrogen) atoms. The molecule has 1 aromatic heterocycles. The monoisotopic (exact) mass is 562 g/mol. The van der Waals surface area contributed by atoms with Gasteiger partial charge in [0.25, 0.3) is 0 Å². The molecule has 1 atom stereocenters. The first-order valence-electron chi connectivity index (χ1n) is 12.9. The fourth-order valence-corrected chi connectivity index (χ4v) is 6.46. The van der Waals surface area contributed by atoms with Crippen molar-refractivity contribution in [2.75, 3.05) is 32.5 Å². The number of benzene rings is 2. The number of methoxy groups -OCH3 is 1. The largest absolute Gasteiger partial charge is 0.497 e. The van der Waals surface area contributed by atoms with E-state index in [1.54, 1.807) is 49.2 Å². The van der Waals surface area contributed by atoms with E-state index in [0.717, 1.165) is 36.7 Å². The highest BCUT2D eigenvalue weighted by Crippen LogP contribution is 2.44. The number of hydrogen-bond acceptors (Lipinski definition) is 5. The van der Waals surface area contributed by atoms with Gasteiger partial charge in [-0.25, -0.2) is 8.78 Å². The standard InChI is InChI=1S/C29H33ClF2N2O3S/c1-37-21-6-7-26-23(17-21)28(24(30)19-33-26)25(32)8-9-29(18-27(35)36)10-13-34(14-11-29)12-3-15-38-22-5-2-4-20(31)16-22/h2,4-7,16-17,19,25H,3,8-15,18H2,1H3,(H,35,36)/t25-/m1/s1. The molecule has 0 radical (unpaired) electrons. The van der Waals surface area contributed by atoms with Crippen LogP contribution in [0.15, 0.2) is 53.6 Å². The number of likely N-dealkylation sites (tertiary alicyclic amines) is 1. The highest BCUT2D eigenvalue weighted by Gasteiger charge is 2.37. The number of aliphatic carboxylic acids is 1. The van der Waals surface area contributed by atoms with Gasteiger partial charge in [-0.15, -0.1) is 11.8 Å². The van der Waals surface area contributed by atoms with Crippen molar-refractivity contribution in [3.05, 3.63) is 65.1 Å². The summed E-state index contributed by atoms with van der Waals surface area (Å²) < 4.78 is 34.4. The van der Waals surface area contributed by atoms with E-state index in [1.165, 1.54) is 12.3 Å². The summed E-state index contributed by atoms with van der Waals surface area (Å²) in [6, 6.07) is 11.9. The molecule has 0 amide bonds. The molecule has 0 spiro atoms. The summed E-state index contributed by atoms with van der Waals surface area (Å²) in [5.41, 5.74) is 0.571. The van der Waals surface area contributed by atoms with E-state index in [2.05, 4.69) is 9.88 Å². The maximum atomic E-state index is 15.7. The van der Waals surface area contributed by atoms with Crippen LogP contribution < -0.4 is 4.74 Å². The average Bonchev–Trinajstić information content (AvgIpc) is 2.90. The Hall–Kier alpha value is -2.42. The van der Waals surface area contributed by atoms with Crippen LogP contribution in [0.1, 0.15) is 50.3 Å². The molecule has 0 aliphatic carbocycles. The van der Waals surface area contributed by atoms with Gasteiger partial charge in [0.15, 0.2) is 0 Å². The Morgan fingerprint density at radius 2 is 2.05 bits per heavy atom. The molecule has 0 unspecified atom stereocenters. The van der Waals surface area contributed by atoms with E-state index in [0.29, 0.717) is 41.5 Å². The fourth-order valence-electron chi connectivity index (χ4n) is 5.31. The van der Waals surface area contributed by atoms with Crippen LogP contribution in [-0.4, -0.2) is 53.5 Å². The fraction of sp³-hybridized carbons (Fsp3) is 0.448. The SMILES string of the molecule is COc1ccc2ncc(Cl)c([C@H](F)CCC3(CC(=O)O)CCN(CCCSc4cccc(F)c4)CC3)c2c1. The van der Waals surface area contributed by atoms with E-state index < -0.39 is 17.6 Å². The number of nitrogens with zero attached hydrogens (tertiary/aromatic N) is 2. The van der Waals surface area contributed by atoms with Crippen molar-refractivity contribution in [2.24, 2.45) is 5.41 Å².